The first kappa shape index (κ1) is 24.3. The van der Waals surface area contributed by atoms with Gasteiger partial charge in [-0.05, 0) is 68.8 Å². The fourth-order valence-electron chi connectivity index (χ4n) is 7.99. The summed E-state index contributed by atoms with van der Waals surface area (Å²) in [4.78, 5) is 25.6. The number of nitrogens with zero attached hydrogens (tertiary/aromatic N) is 3. The van der Waals surface area contributed by atoms with Crippen LogP contribution in [0.1, 0.15) is 63.1 Å². The molecule has 43 heavy (non-hydrogen) atoms. The van der Waals surface area contributed by atoms with Crippen LogP contribution in [-0.2, 0) is 10.8 Å². The van der Waals surface area contributed by atoms with Crippen molar-refractivity contribution < 1.29 is 4.79 Å². The summed E-state index contributed by atoms with van der Waals surface area (Å²) in [5.74, 6) is 0.737. The first-order valence-electron chi connectivity index (χ1n) is 14.7. The minimum absolute atomic E-state index is 0.100. The average molecular weight is 554 g/mol. The van der Waals surface area contributed by atoms with E-state index in [1.165, 1.54) is 27.8 Å². The molecule has 4 nitrogen and oxygen atoms in total. The van der Waals surface area contributed by atoms with E-state index < -0.39 is 5.41 Å². The number of carbonyl (C=O) groups excluding carboxylic acids is 1. The lowest BCUT2D eigenvalue weighted by atomic mass is 9.62. The molecule has 0 amide bonds. The lowest BCUT2D eigenvalue weighted by Gasteiger charge is -2.44. The Labute approximate surface area is 250 Å². The molecule has 0 fully saturated rings. The standard InChI is InChI=1S/C39H27N3O/c1-38(2)28-14-5-4-13-25(28)36(43)27-22-26-24-12-3-6-15-29(24)39(33(26)23-32(27)38)30-16-7-9-18-34(30)42(37-40-20-11-21-41-37)35-19-10-8-17-31(35)39/h3-23H,1-2H3. The van der Waals surface area contributed by atoms with Crippen LogP contribution in [0.3, 0.4) is 0 Å². The summed E-state index contributed by atoms with van der Waals surface area (Å²) in [5, 5.41) is 0. The molecule has 0 unspecified atom stereocenters. The molecule has 0 atom stereocenters. The highest BCUT2D eigenvalue weighted by molar-refractivity contribution is 6.14. The fraction of sp³-hybridized carbons (Fsp3) is 0.103. The van der Waals surface area contributed by atoms with E-state index in [-0.39, 0.29) is 11.2 Å². The minimum atomic E-state index is -0.588. The quantitative estimate of drug-likeness (QED) is 0.204. The molecule has 0 radical (unpaired) electrons. The van der Waals surface area contributed by atoms with E-state index in [1.54, 1.807) is 12.4 Å². The summed E-state index contributed by atoms with van der Waals surface area (Å²) < 4.78 is 0. The zero-order chi connectivity index (χ0) is 28.9. The van der Waals surface area contributed by atoms with Crippen LogP contribution in [0, 0.1) is 0 Å². The van der Waals surface area contributed by atoms with Gasteiger partial charge in [0.2, 0.25) is 5.95 Å². The smallest absolute Gasteiger partial charge is 0.234 e. The predicted octanol–water partition coefficient (Wildman–Crippen LogP) is 8.49. The van der Waals surface area contributed by atoms with Gasteiger partial charge in [-0.1, -0.05) is 105 Å². The van der Waals surface area contributed by atoms with E-state index in [2.05, 4.69) is 120 Å². The third kappa shape index (κ3) is 2.93. The van der Waals surface area contributed by atoms with Crippen molar-refractivity contribution in [1.29, 1.82) is 0 Å². The molecule has 0 saturated carbocycles. The van der Waals surface area contributed by atoms with Gasteiger partial charge in [-0.25, -0.2) is 9.97 Å². The van der Waals surface area contributed by atoms with Gasteiger partial charge in [0.25, 0.3) is 0 Å². The number of carbonyl (C=O) groups is 1. The predicted molar refractivity (Wildman–Crippen MR) is 170 cm³/mol. The molecule has 2 aliphatic carbocycles. The second-order valence-corrected chi connectivity index (χ2v) is 12.2. The molecule has 1 aliphatic heterocycles. The van der Waals surface area contributed by atoms with E-state index in [1.807, 2.05) is 24.3 Å². The van der Waals surface area contributed by atoms with Gasteiger partial charge in [0.15, 0.2) is 5.78 Å². The SMILES string of the molecule is CC1(C)c2ccccc2C(=O)c2cc3c(cc21)C1(c2ccccc2-3)c2ccccc2N(c2ncccn2)c2ccccc21. The van der Waals surface area contributed by atoms with E-state index in [9.17, 15) is 4.79 Å². The Morgan fingerprint density at radius 3 is 1.74 bits per heavy atom. The zero-order valence-electron chi connectivity index (χ0n) is 23.9. The van der Waals surface area contributed by atoms with Crippen molar-refractivity contribution in [3.8, 4) is 11.1 Å². The van der Waals surface area contributed by atoms with Crippen LogP contribution in [0.15, 0.2) is 128 Å². The van der Waals surface area contributed by atoms with E-state index in [0.29, 0.717) is 5.95 Å². The highest BCUT2D eigenvalue weighted by Crippen LogP contribution is 2.64. The van der Waals surface area contributed by atoms with Crippen molar-refractivity contribution in [1.82, 2.24) is 9.97 Å². The maximum Gasteiger partial charge on any atom is 0.234 e. The largest absolute Gasteiger partial charge is 0.289 e. The molecule has 2 heterocycles. The van der Waals surface area contributed by atoms with Gasteiger partial charge in [0.05, 0.1) is 16.8 Å². The molecule has 0 N–H and O–H groups in total. The topological polar surface area (TPSA) is 46.1 Å². The molecule has 0 bridgehead atoms. The third-order valence-corrected chi connectivity index (χ3v) is 9.80. The number of anilines is 3. The lowest BCUT2D eigenvalue weighted by molar-refractivity contribution is 0.103. The number of aromatic nitrogens is 2. The molecule has 6 aromatic rings. The Hall–Kier alpha value is -5.35. The van der Waals surface area contributed by atoms with Gasteiger partial charge in [-0.3, -0.25) is 9.69 Å². The van der Waals surface area contributed by atoms with Crippen LogP contribution in [0.5, 0.6) is 0 Å². The van der Waals surface area contributed by atoms with E-state index in [4.69, 9.17) is 0 Å². The highest BCUT2D eigenvalue weighted by atomic mass is 16.1. The number of fused-ring (bicyclic) bond motifs is 11. The molecule has 1 spiro atoms. The van der Waals surface area contributed by atoms with Gasteiger partial charge >= 0.3 is 0 Å². The third-order valence-electron chi connectivity index (χ3n) is 9.80. The van der Waals surface area contributed by atoms with E-state index in [0.717, 1.165) is 39.2 Å². The van der Waals surface area contributed by atoms with Crippen molar-refractivity contribution >= 4 is 23.1 Å². The van der Waals surface area contributed by atoms with E-state index >= 15 is 0 Å². The van der Waals surface area contributed by atoms with Gasteiger partial charge in [0.1, 0.15) is 0 Å². The number of rotatable bonds is 1. The molecule has 1 aromatic heterocycles. The van der Waals surface area contributed by atoms with Crippen LogP contribution < -0.4 is 4.90 Å². The number of ketones is 1. The van der Waals surface area contributed by atoms with Crippen molar-refractivity contribution in [3.05, 3.63) is 172 Å². The van der Waals surface area contributed by atoms with Crippen molar-refractivity contribution in [3.63, 3.8) is 0 Å². The molecule has 9 rings (SSSR count). The number of hydrogen-bond acceptors (Lipinski definition) is 4. The molecule has 3 aliphatic rings. The summed E-state index contributed by atoms with van der Waals surface area (Å²) in [5.41, 5.74) is 12.0. The van der Waals surface area contributed by atoms with Crippen LogP contribution in [0.2, 0.25) is 0 Å². The Morgan fingerprint density at radius 1 is 0.512 bits per heavy atom. The monoisotopic (exact) mass is 553 g/mol. The first-order chi connectivity index (χ1) is 21.0. The lowest BCUT2D eigenvalue weighted by Crippen LogP contribution is -2.37. The van der Waals surface area contributed by atoms with Crippen molar-refractivity contribution in [2.45, 2.75) is 24.7 Å². The molecule has 4 heteroatoms. The Morgan fingerprint density at radius 2 is 1.07 bits per heavy atom. The van der Waals surface area contributed by atoms with Crippen LogP contribution in [0.25, 0.3) is 11.1 Å². The summed E-state index contributed by atoms with van der Waals surface area (Å²) >= 11 is 0. The first-order valence-corrected chi connectivity index (χ1v) is 14.7. The summed E-state index contributed by atoms with van der Waals surface area (Å²) in [6, 6.07) is 40.4. The number of para-hydroxylation sites is 2. The van der Waals surface area contributed by atoms with Crippen molar-refractivity contribution in [2.24, 2.45) is 0 Å². The number of hydrogen-bond donors (Lipinski definition) is 0. The second-order valence-electron chi connectivity index (χ2n) is 12.2. The van der Waals surface area contributed by atoms with Gasteiger partial charge in [-0.2, -0.15) is 0 Å². The van der Waals surface area contributed by atoms with Crippen molar-refractivity contribution in [2.75, 3.05) is 4.90 Å². The fourth-order valence-corrected chi connectivity index (χ4v) is 7.99. The second kappa shape index (κ2) is 8.36. The molecule has 0 saturated heterocycles. The molecule has 204 valence electrons. The molecular weight excluding hydrogens is 526 g/mol. The summed E-state index contributed by atoms with van der Waals surface area (Å²) in [6.45, 7) is 4.49. The highest BCUT2D eigenvalue weighted by Gasteiger charge is 2.53. The Kier molecular flexibility index (Phi) is 4.72. The van der Waals surface area contributed by atoms with Crippen LogP contribution in [-0.4, -0.2) is 15.8 Å². The van der Waals surface area contributed by atoms with Crippen LogP contribution >= 0.6 is 0 Å². The normalized spacial score (nSPS) is 16.0. The van der Waals surface area contributed by atoms with Gasteiger partial charge < -0.3 is 0 Å². The zero-order valence-corrected chi connectivity index (χ0v) is 23.9. The van der Waals surface area contributed by atoms with Gasteiger partial charge in [0, 0.05) is 28.9 Å². The Balaban J connectivity index is 1.43. The minimum Gasteiger partial charge on any atom is -0.289 e. The Bertz CT molecular complexity index is 2100. The average Bonchev–Trinajstić information content (AvgIpc) is 3.34. The maximum atomic E-state index is 14.1. The molecular formula is C39H27N3O. The molecule has 5 aromatic carbocycles. The van der Waals surface area contributed by atoms with Crippen LogP contribution in [0.4, 0.5) is 17.3 Å². The maximum absolute atomic E-state index is 14.1. The van der Waals surface area contributed by atoms with Gasteiger partial charge in [-0.15, -0.1) is 0 Å². The summed E-state index contributed by atoms with van der Waals surface area (Å²) in [6.07, 6.45) is 3.59. The number of benzene rings is 5. The summed E-state index contributed by atoms with van der Waals surface area (Å²) in [7, 11) is 0.